The summed E-state index contributed by atoms with van der Waals surface area (Å²) < 4.78 is 20.2. The van der Waals surface area contributed by atoms with Gasteiger partial charge in [0.2, 0.25) is 0 Å². The number of hydrogen-bond donors (Lipinski definition) is 1. The van der Waals surface area contributed by atoms with Crippen molar-refractivity contribution in [2.45, 2.75) is 109 Å². The molecule has 6 aliphatic rings. The van der Waals surface area contributed by atoms with E-state index in [1.165, 1.54) is 30.4 Å². The van der Waals surface area contributed by atoms with Gasteiger partial charge in [0.05, 0.1) is 6.10 Å². The number of likely N-dealkylation sites (tertiary alicyclic amines) is 1. The summed E-state index contributed by atoms with van der Waals surface area (Å²) in [7, 11) is 0. The minimum atomic E-state index is -0.681. The molecule has 3 heterocycles. The molecule has 3 aliphatic heterocycles. The Morgan fingerprint density at radius 3 is 2.55 bits per heavy atom. The smallest absolute Gasteiger partial charge is 0.251 e. The van der Waals surface area contributed by atoms with Crippen molar-refractivity contribution in [1.29, 1.82) is 0 Å². The van der Waals surface area contributed by atoms with Crippen LogP contribution in [0.5, 0.6) is 0 Å². The second-order valence-electron chi connectivity index (χ2n) is 14.2. The molecule has 42 heavy (non-hydrogen) atoms. The maximum atomic E-state index is 13.9. The van der Waals surface area contributed by atoms with Gasteiger partial charge in [-0.25, -0.2) is 4.39 Å². The Balaban J connectivity index is 1.08. The first-order valence-electron chi connectivity index (χ1n) is 17.0. The van der Waals surface area contributed by atoms with Gasteiger partial charge in [0.1, 0.15) is 12.5 Å². The van der Waals surface area contributed by atoms with Crippen molar-refractivity contribution >= 4 is 12.2 Å². The average Bonchev–Trinajstić information content (AvgIpc) is 3.84. The number of rotatable bonds is 9. The molecule has 1 saturated carbocycles. The lowest BCUT2D eigenvalue weighted by molar-refractivity contribution is -0.132. The van der Waals surface area contributed by atoms with E-state index in [2.05, 4.69) is 48.0 Å². The molecule has 0 radical (unpaired) electrons. The fourth-order valence-corrected chi connectivity index (χ4v) is 8.65. The molecule has 0 aromatic carbocycles. The lowest BCUT2D eigenvalue weighted by Gasteiger charge is -2.45. The number of carbonyl (C=O) groups excluding carboxylic acids is 2. The van der Waals surface area contributed by atoms with Crippen LogP contribution < -0.4 is 5.32 Å². The summed E-state index contributed by atoms with van der Waals surface area (Å²) in [6, 6.07) is 0.397. The van der Waals surface area contributed by atoms with Crippen molar-refractivity contribution in [3.63, 3.8) is 0 Å². The molecule has 1 N–H and O–H groups in total. The minimum absolute atomic E-state index is 0.120. The molecule has 7 heteroatoms. The van der Waals surface area contributed by atoms with Crippen molar-refractivity contribution in [1.82, 2.24) is 15.1 Å². The van der Waals surface area contributed by atoms with E-state index in [9.17, 15) is 14.0 Å². The van der Waals surface area contributed by atoms with Crippen molar-refractivity contribution in [3.05, 3.63) is 34.6 Å². The molecular formula is C35H52FN3O3. The molecule has 2 unspecified atom stereocenters. The number of aldehydes is 1. The van der Waals surface area contributed by atoms with Crippen molar-refractivity contribution in [2.75, 3.05) is 32.8 Å². The first-order valence-corrected chi connectivity index (χ1v) is 17.0. The van der Waals surface area contributed by atoms with Gasteiger partial charge in [-0.15, -0.1) is 0 Å². The fourth-order valence-electron chi connectivity index (χ4n) is 8.65. The van der Waals surface area contributed by atoms with E-state index < -0.39 is 6.17 Å². The highest BCUT2D eigenvalue weighted by Crippen LogP contribution is 2.50. The van der Waals surface area contributed by atoms with Crippen LogP contribution in [0.1, 0.15) is 85.0 Å². The number of nitrogens with zero attached hydrogens (tertiary/aromatic N) is 2. The summed E-state index contributed by atoms with van der Waals surface area (Å²) >= 11 is 0. The second-order valence-corrected chi connectivity index (χ2v) is 14.2. The first kappa shape index (κ1) is 30.1. The standard InChI is InChI=1S/C35H52FN3O3/c1-4-42-33-19-30(24-7-9-27(36)10-8-24)29(23-5-6-23)17-25(33)20-38-14-11-28(12-15-38)39-16-13-32-31(35(39)41)18-26(21-40)34(37-32)22(2)3/h7,19,21-23,25-29,33-34,37H,4-6,8-18,20H2,1-3H3/t25-,26?,27-,29+,33?,34-/m0/s1. The van der Waals surface area contributed by atoms with Crippen molar-refractivity contribution in [2.24, 2.45) is 29.6 Å². The summed E-state index contributed by atoms with van der Waals surface area (Å²) in [6.07, 6.45) is 14.4. The number of alkyl halides is 1. The molecule has 0 bridgehead atoms. The maximum absolute atomic E-state index is 13.9. The summed E-state index contributed by atoms with van der Waals surface area (Å²) in [6.45, 7) is 10.9. The number of amides is 1. The lowest BCUT2D eigenvalue weighted by atomic mass is 9.72. The van der Waals surface area contributed by atoms with E-state index in [1.54, 1.807) is 0 Å². The van der Waals surface area contributed by atoms with E-state index in [0.29, 0.717) is 43.6 Å². The zero-order valence-electron chi connectivity index (χ0n) is 26.0. The van der Waals surface area contributed by atoms with E-state index in [-0.39, 0.29) is 30.0 Å². The van der Waals surface area contributed by atoms with E-state index in [0.717, 1.165) is 75.3 Å². The van der Waals surface area contributed by atoms with Gasteiger partial charge in [0, 0.05) is 74.4 Å². The molecule has 6 rings (SSSR count). The van der Waals surface area contributed by atoms with Crippen LogP contribution in [0.4, 0.5) is 4.39 Å². The highest BCUT2D eigenvalue weighted by molar-refractivity contribution is 5.96. The van der Waals surface area contributed by atoms with Crippen LogP contribution in [0, 0.1) is 29.6 Å². The van der Waals surface area contributed by atoms with Crippen LogP contribution in [0.15, 0.2) is 34.6 Å². The highest BCUT2D eigenvalue weighted by atomic mass is 19.1. The minimum Gasteiger partial charge on any atom is -0.384 e. The molecular weight excluding hydrogens is 529 g/mol. The van der Waals surface area contributed by atoms with Crippen molar-refractivity contribution < 1.29 is 18.7 Å². The molecule has 0 aromatic rings. The van der Waals surface area contributed by atoms with Gasteiger partial charge in [-0.2, -0.15) is 0 Å². The van der Waals surface area contributed by atoms with E-state index >= 15 is 0 Å². The number of allylic oxidation sites excluding steroid dienone is 3. The Morgan fingerprint density at radius 1 is 1.12 bits per heavy atom. The lowest BCUT2D eigenvalue weighted by Crippen LogP contribution is -2.54. The zero-order chi connectivity index (χ0) is 29.4. The van der Waals surface area contributed by atoms with Gasteiger partial charge in [-0.3, -0.25) is 4.79 Å². The third-order valence-electron chi connectivity index (χ3n) is 11.1. The second kappa shape index (κ2) is 12.9. The van der Waals surface area contributed by atoms with Gasteiger partial charge >= 0.3 is 0 Å². The molecule has 6 atom stereocenters. The Morgan fingerprint density at radius 2 is 1.90 bits per heavy atom. The van der Waals surface area contributed by atoms with Crippen molar-refractivity contribution in [3.8, 4) is 0 Å². The predicted octanol–water partition coefficient (Wildman–Crippen LogP) is 5.60. The van der Waals surface area contributed by atoms with Crippen LogP contribution in [0.25, 0.3) is 0 Å². The molecule has 232 valence electrons. The zero-order valence-corrected chi connectivity index (χ0v) is 26.0. The monoisotopic (exact) mass is 581 g/mol. The Hall–Kier alpha value is -1.99. The van der Waals surface area contributed by atoms with Gasteiger partial charge in [0.15, 0.2) is 0 Å². The molecule has 2 fully saturated rings. The van der Waals surface area contributed by atoms with Crippen LogP contribution in [0.3, 0.4) is 0 Å². The molecule has 1 amide bonds. The Kier molecular flexibility index (Phi) is 9.26. The number of hydrogen-bond acceptors (Lipinski definition) is 5. The number of carbonyl (C=O) groups is 2. The van der Waals surface area contributed by atoms with Gasteiger partial charge in [-0.05, 0) is 93.6 Å². The van der Waals surface area contributed by atoms with Crippen LogP contribution >= 0.6 is 0 Å². The molecule has 1 saturated heterocycles. The third kappa shape index (κ3) is 6.29. The fraction of sp³-hybridized carbons (Fsp3) is 0.771. The topological polar surface area (TPSA) is 61.9 Å². The van der Waals surface area contributed by atoms with Gasteiger partial charge in [0.25, 0.3) is 5.91 Å². The van der Waals surface area contributed by atoms with Crippen LogP contribution in [0.2, 0.25) is 0 Å². The SMILES string of the molecule is CCOC1C=C(C2=CC[C@H](F)CC2)[C@@H](C2CC2)C[C@H]1CN1CCC(N2CCC3=C(CC(C=O)[C@H](C(C)C)N3)C2=O)CC1. The third-order valence-corrected chi connectivity index (χ3v) is 11.1. The summed E-state index contributed by atoms with van der Waals surface area (Å²) in [4.78, 5) is 30.2. The molecule has 3 aliphatic carbocycles. The summed E-state index contributed by atoms with van der Waals surface area (Å²) in [5.41, 5.74) is 4.80. The number of piperidine rings is 1. The normalized spacial score (nSPS) is 35.1. The summed E-state index contributed by atoms with van der Waals surface area (Å²) in [5.74, 6) is 2.22. The predicted molar refractivity (Wildman–Crippen MR) is 163 cm³/mol. The molecule has 0 spiro atoms. The Bertz CT molecular complexity index is 1100. The van der Waals surface area contributed by atoms with Gasteiger partial charge < -0.3 is 24.6 Å². The Labute approximate surface area is 252 Å². The summed E-state index contributed by atoms with van der Waals surface area (Å²) in [5, 5.41) is 3.57. The van der Waals surface area contributed by atoms with Crippen LogP contribution in [-0.2, 0) is 14.3 Å². The number of halogens is 1. The largest absolute Gasteiger partial charge is 0.384 e. The maximum Gasteiger partial charge on any atom is 0.251 e. The number of nitrogens with one attached hydrogen (secondary N) is 1. The highest BCUT2D eigenvalue weighted by Gasteiger charge is 2.43. The number of ether oxygens (including phenoxy) is 1. The first-order chi connectivity index (χ1) is 20.4. The molecule has 0 aromatic heterocycles. The van der Waals surface area contributed by atoms with Crippen LogP contribution in [-0.4, -0.2) is 79.1 Å². The quantitative estimate of drug-likeness (QED) is 0.360. The molecule has 6 nitrogen and oxygen atoms in total. The van der Waals surface area contributed by atoms with E-state index in [1.807, 2.05) is 0 Å². The van der Waals surface area contributed by atoms with E-state index in [4.69, 9.17) is 4.74 Å². The van der Waals surface area contributed by atoms with Gasteiger partial charge in [-0.1, -0.05) is 26.0 Å². The average molecular weight is 582 g/mol.